The molecule has 4 nitrogen and oxygen atoms in total. The second-order valence-corrected chi connectivity index (χ2v) is 4.37. The van der Waals surface area contributed by atoms with Gasteiger partial charge in [0.25, 0.3) is 0 Å². The number of anilines is 1. The number of hydrogen-bond donors (Lipinski definition) is 2. The second-order valence-electron chi connectivity index (χ2n) is 3.96. The van der Waals surface area contributed by atoms with Gasteiger partial charge in [-0.25, -0.2) is 4.79 Å². The molecule has 100 valence electrons. The van der Waals surface area contributed by atoms with Crippen LogP contribution in [0.15, 0.2) is 18.2 Å². The van der Waals surface area contributed by atoms with Crippen molar-refractivity contribution < 1.29 is 14.7 Å². The number of halogens is 1. The molecule has 0 saturated carbocycles. The van der Waals surface area contributed by atoms with Gasteiger partial charge >= 0.3 is 5.97 Å². The number of carbonyl (C=O) groups is 2. The van der Waals surface area contributed by atoms with E-state index in [2.05, 4.69) is 11.2 Å². The Hall–Kier alpha value is -1.99. The number of carboxylic acids is 1. The Bertz CT molecular complexity index is 520. The van der Waals surface area contributed by atoms with Gasteiger partial charge in [0.15, 0.2) is 0 Å². The van der Waals surface area contributed by atoms with Crippen molar-refractivity contribution in [3.05, 3.63) is 28.8 Å². The molecule has 0 aliphatic heterocycles. The lowest BCUT2D eigenvalue weighted by Gasteiger charge is -2.08. The van der Waals surface area contributed by atoms with E-state index in [1.165, 1.54) is 18.2 Å². The molecule has 0 unspecified atom stereocenters. The third-order valence-corrected chi connectivity index (χ3v) is 2.79. The molecule has 1 amide bonds. The zero-order chi connectivity index (χ0) is 14.3. The highest BCUT2D eigenvalue weighted by molar-refractivity contribution is 6.33. The standard InChI is InChI=1S/C14H14ClNO3/c1-2-3-4-5-6-13(17)16-12-9-10(14(18)19)7-8-11(12)15/h1,7-9H,3-6H2,(H,16,17)(H,18,19). The van der Waals surface area contributed by atoms with Crippen molar-refractivity contribution in [3.8, 4) is 12.3 Å². The Morgan fingerprint density at radius 2 is 2.11 bits per heavy atom. The monoisotopic (exact) mass is 279 g/mol. The molecule has 0 atom stereocenters. The fourth-order valence-electron chi connectivity index (χ4n) is 1.48. The summed E-state index contributed by atoms with van der Waals surface area (Å²) in [6, 6.07) is 4.16. The van der Waals surface area contributed by atoms with E-state index in [4.69, 9.17) is 23.1 Å². The number of rotatable bonds is 6. The molecule has 1 rings (SSSR count). The first-order valence-electron chi connectivity index (χ1n) is 5.80. The van der Waals surface area contributed by atoms with E-state index < -0.39 is 5.97 Å². The maximum absolute atomic E-state index is 11.6. The molecule has 0 radical (unpaired) electrons. The third-order valence-electron chi connectivity index (χ3n) is 2.46. The van der Waals surface area contributed by atoms with Crippen molar-refractivity contribution in [1.82, 2.24) is 0 Å². The number of amides is 1. The van der Waals surface area contributed by atoms with Gasteiger partial charge in [-0.15, -0.1) is 12.3 Å². The van der Waals surface area contributed by atoms with E-state index in [1.807, 2.05) is 0 Å². The largest absolute Gasteiger partial charge is 0.478 e. The molecule has 19 heavy (non-hydrogen) atoms. The van der Waals surface area contributed by atoms with Crippen LogP contribution in [0.25, 0.3) is 0 Å². The predicted molar refractivity (Wildman–Crippen MR) is 74.3 cm³/mol. The number of nitrogens with one attached hydrogen (secondary N) is 1. The maximum atomic E-state index is 11.6. The van der Waals surface area contributed by atoms with Crippen LogP contribution >= 0.6 is 11.6 Å². The number of unbranched alkanes of at least 4 members (excludes halogenated alkanes) is 2. The molecule has 5 heteroatoms. The highest BCUT2D eigenvalue weighted by Gasteiger charge is 2.09. The molecule has 0 saturated heterocycles. The van der Waals surface area contributed by atoms with Gasteiger partial charge in [-0.1, -0.05) is 11.6 Å². The molecule has 0 bridgehead atoms. The number of carbonyl (C=O) groups excluding carboxylic acids is 1. The van der Waals surface area contributed by atoms with Crippen LogP contribution in [0, 0.1) is 12.3 Å². The van der Waals surface area contributed by atoms with Crippen molar-refractivity contribution >= 4 is 29.2 Å². The van der Waals surface area contributed by atoms with Gasteiger partial charge in [-0.3, -0.25) is 4.79 Å². The summed E-state index contributed by atoms with van der Waals surface area (Å²) in [7, 11) is 0. The maximum Gasteiger partial charge on any atom is 0.335 e. The topological polar surface area (TPSA) is 66.4 Å². The van der Waals surface area contributed by atoms with Gasteiger partial charge in [0.1, 0.15) is 0 Å². The van der Waals surface area contributed by atoms with Crippen LogP contribution in [0.1, 0.15) is 36.0 Å². The van der Waals surface area contributed by atoms with Crippen molar-refractivity contribution in [2.75, 3.05) is 5.32 Å². The minimum atomic E-state index is -1.07. The number of aromatic carboxylic acids is 1. The number of hydrogen-bond acceptors (Lipinski definition) is 2. The minimum Gasteiger partial charge on any atom is -0.478 e. The fourth-order valence-corrected chi connectivity index (χ4v) is 1.64. The van der Waals surface area contributed by atoms with Crippen molar-refractivity contribution in [3.63, 3.8) is 0 Å². The molecule has 1 aromatic rings. The van der Waals surface area contributed by atoms with E-state index in [0.29, 0.717) is 30.0 Å². The molecular weight excluding hydrogens is 266 g/mol. The van der Waals surface area contributed by atoms with Crippen LogP contribution in [-0.4, -0.2) is 17.0 Å². The molecule has 2 N–H and O–H groups in total. The molecule has 1 aromatic carbocycles. The normalized spacial score (nSPS) is 9.68. The fraction of sp³-hybridized carbons (Fsp3) is 0.286. The van der Waals surface area contributed by atoms with E-state index in [-0.39, 0.29) is 11.5 Å². The summed E-state index contributed by atoms with van der Waals surface area (Å²) < 4.78 is 0. The summed E-state index contributed by atoms with van der Waals surface area (Å²) in [4.78, 5) is 22.5. The van der Waals surface area contributed by atoms with Gasteiger partial charge in [0.05, 0.1) is 16.3 Å². The van der Waals surface area contributed by atoms with Crippen molar-refractivity contribution in [2.24, 2.45) is 0 Å². The number of benzene rings is 1. The Labute approximate surface area is 116 Å². The van der Waals surface area contributed by atoms with Crippen molar-refractivity contribution in [2.45, 2.75) is 25.7 Å². The van der Waals surface area contributed by atoms with Gasteiger partial charge < -0.3 is 10.4 Å². The lowest BCUT2D eigenvalue weighted by Crippen LogP contribution is -2.12. The minimum absolute atomic E-state index is 0.0760. The van der Waals surface area contributed by atoms with Gasteiger partial charge in [-0.05, 0) is 31.0 Å². The smallest absolute Gasteiger partial charge is 0.335 e. The van der Waals surface area contributed by atoms with Crippen LogP contribution < -0.4 is 5.32 Å². The summed E-state index contributed by atoms with van der Waals surface area (Å²) in [5, 5.41) is 11.8. The first kappa shape index (κ1) is 15.1. The Morgan fingerprint density at radius 1 is 1.37 bits per heavy atom. The van der Waals surface area contributed by atoms with Crippen molar-refractivity contribution in [1.29, 1.82) is 0 Å². The highest BCUT2D eigenvalue weighted by Crippen LogP contribution is 2.23. The third kappa shape index (κ3) is 5.02. The molecule has 0 aliphatic rings. The van der Waals surface area contributed by atoms with Gasteiger partial charge in [0.2, 0.25) is 5.91 Å². The van der Waals surface area contributed by atoms with Crippen LogP contribution in [-0.2, 0) is 4.79 Å². The van der Waals surface area contributed by atoms with Crippen LogP contribution in [0.4, 0.5) is 5.69 Å². The predicted octanol–water partition coefficient (Wildman–Crippen LogP) is 3.17. The second kappa shape index (κ2) is 7.45. The average molecular weight is 280 g/mol. The van der Waals surface area contributed by atoms with Gasteiger partial charge in [-0.2, -0.15) is 0 Å². The van der Waals surface area contributed by atoms with E-state index in [9.17, 15) is 9.59 Å². The summed E-state index contributed by atoms with van der Waals surface area (Å²) in [5.41, 5.74) is 0.385. The molecule has 0 heterocycles. The summed E-state index contributed by atoms with van der Waals surface area (Å²) in [6.07, 6.45) is 7.55. The quantitative estimate of drug-likeness (QED) is 0.621. The van der Waals surface area contributed by atoms with Crippen LogP contribution in [0.5, 0.6) is 0 Å². The summed E-state index contributed by atoms with van der Waals surface area (Å²) in [5.74, 6) is 1.23. The molecular formula is C14H14ClNO3. The zero-order valence-corrected chi connectivity index (χ0v) is 11.0. The summed E-state index contributed by atoms with van der Waals surface area (Å²) >= 11 is 5.89. The lowest BCUT2D eigenvalue weighted by molar-refractivity contribution is -0.116. The van der Waals surface area contributed by atoms with Crippen LogP contribution in [0.3, 0.4) is 0 Å². The highest BCUT2D eigenvalue weighted by atomic mass is 35.5. The zero-order valence-electron chi connectivity index (χ0n) is 10.3. The Kier molecular flexibility index (Phi) is 5.91. The molecule has 0 aliphatic carbocycles. The molecule has 0 spiro atoms. The summed E-state index contributed by atoms with van der Waals surface area (Å²) in [6.45, 7) is 0. The lowest BCUT2D eigenvalue weighted by atomic mass is 10.1. The number of terminal acetylenes is 1. The SMILES string of the molecule is C#CCCCCC(=O)Nc1cc(C(=O)O)ccc1Cl. The average Bonchev–Trinajstić information content (AvgIpc) is 2.37. The number of carboxylic acid groups (broad SMARTS) is 1. The first-order valence-corrected chi connectivity index (χ1v) is 6.18. The first-order chi connectivity index (χ1) is 9.04. The molecule has 0 aromatic heterocycles. The van der Waals surface area contributed by atoms with Crippen LogP contribution in [0.2, 0.25) is 5.02 Å². The Balaban J connectivity index is 2.61. The molecule has 0 fully saturated rings. The Morgan fingerprint density at radius 3 is 2.74 bits per heavy atom. The van der Waals surface area contributed by atoms with E-state index >= 15 is 0 Å². The van der Waals surface area contributed by atoms with E-state index in [0.717, 1.165) is 6.42 Å². The van der Waals surface area contributed by atoms with Gasteiger partial charge in [0, 0.05) is 12.8 Å². The van der Waals surface area contributed by atoms with E-state index in [1.54, 1.807) is 0 Å².